The standard InChI is InChI=1S/C15H26/c1-10-7-8-13-9-12-5-3-4-6-14(12)11(2)15(10)13/h10-15H,3-9H2,1-2H3/t10?,11-,12-,13?,14+,15?/m0/s1. The average molecular weight is 206 g/mol. The second-order valence-corrected chi connectivity index (χ2v) is 6.70. The van der Waals surface area contributed by atoms with Gasteiger partial charge in [-0.05, 0) is 54.8 Å². The van der Waals surface area contributed by atoms with Crippen LogP contribution < -0.4 is 0 Å². The molecule has 0 amide bonds. The first-order chi connectivity index (χ1) is 7.27. The highest BCUT2D eigenvalue weighted by Gasteiger charge is 2.47. The van der Waals surface area contributed by atoms with Crippen molar-refractivity contribution in [3.63, 3.8) is 0 Å². The molecule has 0 aliphatic heterocycles. The largest absolute Gasteiger partial charge is 0.0622 e. The van der Waals surface area contributed by atoms with Crippen molar-refractivity contribution < 1.29 is 0 Å². The first kappa shape index (κ1) is 10.2. The zero-order valence-corrected chi connectivity index (χ0v) is 10.4. The summed E-state index contributed by atoms with van der Waals surface area (Å²) in [7, 11) is 0. The van der Waals surface area contributed by atoms with Crippen molar-refractivity contribution in [3.05, 3.63) is 0 Å². The Morgan fingerprint density at radius 3 is 2.47 bits per heavy atom. The molecule has 0 radical (unpaired) electrons. The van der Waals surface area contributed by atoms with E-state index in [-0.39, 0.29) is 0 Å². The van der Waals surface area contributed by atoms with Crippen molar-refractivity contribution in [2.75, 3.05) is 0 Å². The van der Waals surface area contributed by atoms with Gasteiger partial charge in [0, 0.05) is 0 Å². The van der Waals surface area contributed by atoms with Crippen LogP contribution in [0.4, 0.5) is 0 Å². The van der Waals surface area contributed by atoms with Gasteiger partial charge in [0.25, 0.3) is 0 Å². The molecule has 86 valence electrons. The van der Waals surface area contributed by atoms with Gasteiger partial charge < -0.3 is 0 Å². The number of fused-ring (bicyclic) bond motifs is 2. The Kier molecular flexibility index (Phi) is 2.57. The van der Waals surface area contributed by atoms with E-state index < -0.39 is 0 Å². The minimum Gasteiger partial charge on any atom is -0.0622 e. The van der Waals surface area contributed by atoms with E-state index in [1.165, 1.54) is 19.3 Å². The highest BCUT2D eigenvalue weighted by Crippen LogP contribution is 2.55. The van der Waals surface area contributed by atoms with Crippen LogP contribution in [0.2, 0.25) is 0 Å². The molecule has 0 nitrogen and oxygen atoms in total. The molecule has 3 aliphatic rings. The third kappa shape index (κ3) is 1.56. The summed E-state index contributed by atoms with van der Waals surface area (Å²) in [6.07, 6.45) is 10.9. The Morgan fingerprint density at radius 1 is 0.800 bits per heavy atom. The smallest absolute Gasteiger partial charge is 0.0331 e. The second-order valence-electron chi connectivity index (χ2n) is 6.70. The molecule has 0 heteroatoms. The van der Waals surface area contributed by atoms with Crippen molar-refractivity contribution in [2.24, 2.45) is 35.5 Å². The number of hydrogen-bond donors (Lipinski definition) is 0. The van der Waals surface area contributed by atoms with Crippen molar-refractivity contribution in [3.8, 4) is 0 Å². The quantitative estimate of drug-likeness (QED) is 0.547. The van der Waals surface area contributed by atoms with Gasteiger partial charge in [-0.25, -0.2) is 0 Å². The zero-order chi connectivity index (χ0) is 10.4. The predicted molar refractivity (Wildman–Crippen MR) is 64.6 cm³/mol. The van der Waals surface area contributed by atoms with E-state index in [9.17, 15) is 0 Å². The van der Waals surface area contributed by atoms with Crippen LogP contribution in [0.1, 0.15) is 58.8 Å². The molecule has 0 heterocycles. The van der Waals surface area contributed by atoms with Gasteiger partial charge in [0.15, 0.2) is 0 Å². The van der Waals surface area contributed by atoms with Gasteiger partial charge >= 0.3 is 0 Å². The molecule has 0 aromatic carbocycles. The lowest BCUT2D eigenvalue weighted by atomic mass is 9.58. The maximum absolute atomic E-state index is 2.58. The second kappa shape index (κ2) is 3.79. The van der Waals surface area contributed by atoms with E-state index in [0.717, 1.165) is 35.5 Å². The average Bonchev–Trinajstić information content (AvgIpc) is 2.61. The summed E-state index contributed by atoms with van der Waals surface area (Å²) in [5.41, 5.74) is 0. The lowest BCUT2D eigenvalue weighted by Gasteiger charge is -2.47. The lowest BCUT2D eigenvalue weighted by molar-refractivity contribution is 0.0202. The molecule has 0 spiro atoms. The van der Waals surface area contributed by atoms with E-state index in [2.05, 4.69) is 13.8 Å². The van der Waals surface area contributed by atoms with Crippen LogP contribution in [-0.2, 0) is 0 Å². The molecule has 3 saturated carbocycles. The molecule has 0 aromatic rings. The van der Waals surface area contributed by atoms with Crippen LogP contribution in [0.25, 0.3) is 0 Å². The molecule has 6 atom stereocenters. The fraction of sp³-hybridized carbons (Fsp3) is 1.00. The Morgan fingerprint density at radius 2 is 1.60 bits per heavy atom. The van der Waals surface area contributed by atoms with Gasteiger partial charge in [-0.2, -0.15) is 0 Å². The monoisotopic (exact) mass is 206 g/mol. The first-order valence-corrected chi connectivity index (χ1v) is 7.27. The number of rotatable bonds is 0. The van der Waals surface area contributed by atoms with Crippen LogP contribution in [0.5, 0.6) is 0 Å². The fourth-order valence-corrected chi connectivity index (χ4v) is 5.44. The van der Waals surface area contributed by atoms with Crippen molar-refractivity contribution in [1.82, 2.24) is 0 Å². The van der Waals surface area contributed by atoms with Crippen molar-refractivity contribution in [2.45, 2.75) is 58.8 Å². The molecule has 0 bridgehead atoms. The van der Waals surface area contributed by atoms with Crippen molar-refractivity contribution in [1.29, 1.82) is 0 Å². The molecule has 0 saturated heterocycles. The summed E-state index contributed by atoms with van der Waals surface area (Å²) in [4.78, 5) is 0. The topological polar surface area (TPSA) is 0 Å². The highest BCUT2D eigenvalue weighted by atomic mass is 14.5. The molecule has 0 aromatic heterocycles. The molecular weight excluding hydrogens is 180 g/mol. The van der Waals surface area contributed by atoms with Gasteiger partial charge in [-0.15, -0.1) is 0 Å². The molecule has 3 rings (SSSR count). The van der Waals surface area contributed by atoms with E-state index >= 15 is 0 Å². The van der Waals surface area contributed by atoms with Crippen LogP contribution in [0.15, 0.2) is 0 Å². The summed E-state index contributed by atoms with van der Waals surface area (Å²) in [6.45, 7) is 5.10. The summed E-state index contributed by atoms with van der Waals surface area (Å²) >= 11 is 0. The third-order valence-corrected chi connectivity index (χ3v) is 6.05. The zero-order valence-electron chi connectivity index (χ0n) is 10.4. The molecule has 3 aliphatic carbocycles. The normalized spacial score (nSPS) is 54.8. The van der Waals surface area contributed by atoms with Gasteiger partial charge in [-0.3, -0.25) is 0 Å². The van der Waals surface area contributed by atoms with Crippen molar-refractivity contribution >= 4 is 0 Å². The van der Waals surface area contributed by atoms with Crippen LogP contribution >= 0.6 is 0 Å². The Hall–Kier alpha value is 0. The maximum atomic E-state index is 2.58. The van der Waals surface area contributed by atoms with E-state index in [0.29, 0.717) is 0 Å². The van der Waals surface area contributed by atoms with E-state index in [1.54, 1.807) is 25.7 Å². The van der Waals surface area contributed by atoms with Gasteiger partial charge in [0.1, 0.15) is 0 Å². The maximum Gasteiger partial charge on any atom is -0.0331 e. The minimum atomic E-state index is 1.04. The van der Waals surface area contributed by atoms with Crippen LogP contribution in [0.3, 0.4) is 0 Å². The van der Waals surface area contributed by atoms with E-state index in [4.69, 9.17) is 0 Å². The van der Waals surface area contributed by atoms with Gasteiger partial charge in [-0.1, -0.05) is 39.5 Å². The van der Waals surface area contributed by atoms with Gasteiger partial charge in [0.2, 0.25) is 0 Å². The Balaban J connectivity index is 1.80. The number of hydrogen-bond acceptors (Lipinski definition) is 0. The fourth-order valence-electron chi connectivity index (χ4n) is 5.44. The SMILES string of the molecule is CC1CCC2C[C@@H]3CCCC[C@@H]3[C@H](C)C12. The lowest BCUT2D eigenvalue weighted by Crippen LogP contribution is -2.39. The van der Waals surface area contributed by atoms with E-state index in [1.807, 2.05) is 0 Å². The summed E-state index contributed by atoms with van der Waals surface area (Å²) in [6, 6.07) is 0. The molecule has 0 N–H and O–H groups in total. The molecular formula is C15H26. The van der Waals surface area contributed by atoms with Crippen LogP contribution in [0, 0.1) is 35.5 Å². The first-order valence-electron chi connectivity index (χ1n) is 7.27. The third-order valence-electron chi connectivity index (χ3n) is 6.05. The summed E-state index contributed by atoms with van der Waals surface area (Å²) in [5, 5.41) is 0. The highest BCUT2D eigenvalue weighted by molar-refractivity contribution is 4.96. The summed E-state index contributed by atoms with van der Waals surface area (Å²) < 4.78 is 0. The van der Waals surface area contributed by atoms with Crippen LogP contribution in [-0.4, -0.2) is 0 Å². The predicted octanol–water partition coefficient (Wildman–Crippen LogP) is 4.49. The Labute approximate surface area is 94.8 Å². The summed E-state index contributed by atoms with van der Waals surface area (Å²) in [5.74, 6) is 6.54. The van der Waals surface area contributed by atoms with Gasteiger partial charge in [0.05, 0.1) is 0 Å². The Bertz CT molecular complexity index is 230. The molecule has 3 unspecified atom stereocenters. The molecule has 15 heavy (non-hydrogen) atoms. The molecule has 3 fully saturated rings. The minimum absolute atomic E-state index is 1.04.